The van der Waals surface area contributed by atoms with Crippen LogP contribution in [0.15, 0.2) is 18.2 Å². The van der Waals surface area contributed by atoms with E-state index in [9.17, 15) is 0 Å². The van der Waals surface area contributed by atoms with Crippen molar-refractivity contribution in [3.8, 4) is 22.6 Å². The standard InChI is InChI=1S/C22H28N4O3/c1-6-15(12-27-4)23-22-20-18(9-10-29-20)24-21-19(14(3)25-26(21)22)17-8-7-16(28-5)11-13(17)2/h7-8,11,15,23H,6,9-10,12H2,1-5H3/t15-/m1/s1. The molecule has 4 rings (SSSR count). The van der Waals surface area contributed by atoms with E-state index in [1.807, 2.05) is 23.6 Å². The lowest BCUT2D eigenvalue weighted by Gasteiger charge is -2.19. The number of aryl methyl sites for hydroxylation is 2. The molecule has 1 aromatic carbocycles. The lowest BCUT2D eigenvalue weighted by molar-refractivity contribution is 0.184. The van der Waals surface area contributed by atoms with E-state index in [-0.39, 0.29) is 6.04 Å². The van der Waals surface area contributed by atoms with Gasteiger partial charge in [0.2, 0.25) is 0 Å². The molecule has 0 saturated carbocycles. The molecule has 0 amide bonds. The average Bonchev–Trinajstić information content (AvgIpc) is 3.31. The largest absolute Gasteiger partial charge is 0.497 e. The Morgan fingerprint density at radius 3 is 2.79 bits per heavy atom. The van der Waals surface area contributed by atoms with Gasteiger partial charge in [-0.2, -0.15) is 9.61 Å². The van der Waals surface area contributed by atoms with E-state index >= 15 is 0 Å². The van der Waals surface area contributed by atoms with E-state index in [2.05, 4.69) is 25.2 Å². The van der Waals surface area contributed by atoms with E-state index < -0.39 is 0 Å². The van der Waals surface area contributed by atoms with Gasteiger partial charge in [-0.15, -0.1) is 0 Å². The van der Waals surface area contributed by atoms with Crippen LogP contribution in [-0.2, 0) is 11.2 Å². The van der Waals surface area contributed by atoms with Gasteiger partial charge in [0.1, 0.15) is 5.75 Å². The van der Waals surface area contributed by atoms with Crippen molar-refractivity contribution in [2.75, 3.05) is 32.8 Å². The predicted molar refractivity (Wildman–Crippen MR) is 113 cm³/mol. The highest BCUT2D eigenvalue weighted by Gasteiger charge is 2.27. The number of nitrogens with one attached hydrogen (secondary N) is 1. The van der Waals surface area contributed by atoms with Gasteiger partial charge in [0.25, 0.3) is 0 Å². The topological polar surface area (TPSA) is 69.9 Å². The van der Waals surface area contributed by atoms with Crippen molar-refractivity contribution in [2.45, 2.75) is 39.7 Å². The Balaban J connectivity index is 1.91. The number of aromatic nitrogens is 3. The zero-order valence-corrected chi connectivity index (χ0v) is 17.7. The number of fused-ring (bicyclic) bond motifs is 2. The molecular formula is C22H28N4O3. The molecular weight excluding hydrogens is 368 g/mol. The molecule has 0 fully saturated rings. The molecule has 0 spiro atoms. The molecule has 1 atom stereocenters. The summed E-state index contributed by atoms with van der Waals surface area (Å²) in [4.78, 5) is 4.95. The highest BCUT2D eigenvalue weighted by molar-refractivity contribution is 5.84. The van der Waals surface area contributed by atoms with Gasteiger partial charge in [-0.05, 0) is 43.5 Å². The van der Waals surface area contributed by atoms with Gasteiger partial charge in [0.05, 0.1) is 37.8 Å². The number of nitrogens with zero attached hydrogens (tertiary/aromatic N) is 3. The summed E-state index contributed by atoms with van der Waals surface area (Å²) >= 11 is 0. The van der Waals surface area contributed by atoms with Crippen LogP contribution in [0.3, 0.4) is 0 Å². The minimum atomic E-state index is 0.162. The third-order valence-electron chi connectivity index (χ3n) is 5.46. The first-order chi connectivity index (χ1) is 14.1. The molecule has 0 aliphatic carbocycles. The van der Waals surface area contributed by atoms with Crippen LogP contribution in [0.5, 0.6) is 11.5 Å². The van der Waals surface area contributed by atoms with Crippen LogP contribution in [0.2, 0.25) is 0 Å². The lowest BCUT2D eigenvalue weighted by Crippen LogP contribution is -2.25. The van der Waals surface area contributed by atoms with Gasteiger partial charge in [0.15, 0.2) is 17.2 Å². The Kier molecular flexibility index (Phi) is 5.32. The van der Waals surface area contributed by atoms with E-state index in [1.165, 1.54) is 0 Å². The minimum Gasteiger partial charge on any atom is -0.497 e. The monoisotopic (exact) mass is 396 g/mol. The molecule has 7 nitrogen and oxygen atoms in total. The first-order valence-electron chi connectivity index (χ1n) is 10.0. The van der Waals surface area contributed by atoms with Crippen molar-refractivity contribution in [3.05, 3.63) is 35.2 Å². The highest BCUT2D eigenvalue weighted by atomic mass is 16.5. The second-order valence-electron chi connectivity index (χ2n) is 7.42. The lowest BCUT2D eigenvalue weighted by atomic mass is 10.0. The quantitative estimate of drug-likeness (QED) is 0.655. The summed E-state index contributed by atoms with van der Waals surface area (Å²) in [5.41, 5.74) is 6.02. The Hall–Kier alpha value is -2.80. The molecule has 0 saturated heterocycles. The van der Waals surface area contributed by atoms with Gasteiger partial charge < -0.3 is 19.5 Å². The van der Waals surface area contributed by atoms with Crippen LogP contribution in [-0.4, -0.2) is 48.1 Å². The van der Waals surface area contributed by atoms with Crippen molar-refractivity contribution in [1.29, 1.82) is 0 Å². The smallest absolute Gasteiger partial charge is 0.183 e. The van der Waals surface area contributed by atoms with E-state index in [1.54, 1.807) is 14.2 Å². The second-order valence-corrected chi connectivity index (χ2v) is 7.42. The fourth-order valence-electron chi connectivity index (χ4n) is 3.90. The average molecular weight is 396 g/mol. The summed E-state index contributed by atoms with van der Waals surface area (Å²) < 4.78 is 18.6. The van der Waals surface area contributed by atoms with Crippen molar-refractivity contribution in [2.24, 2.45) is 0 Å². The van der Waals surface area contributed by atoms with Crippen LogP contribution >= 0.6 is 0 Å². The number of hydrogen-bond acceptors (Lipinski definition) is 6. The van der Waals surface area contributed by atoms with E-state index in [0.717, 1.165) is 63.9 Å². The predicted octanol–water partition coefficient (Wildman–Crippen LogP) is 3.79. The fraction of sp³-hybridized carbons (Fsp3) is 0.455. The van der Waals surface area contributed by atoms with Crippen molar-refractivity contribution < 1.29 is 14.2 Å². The molecule has 2 aromatic heterocycles. The Bertz CT molecular complexity index is 1040. The summed E-state index contributed by atoms with van der Waals surface area (Å²) in [6.07, 6.45) is 1.73. The van der Waals surface area contributed by atoms with Crippen LogP contribution < -0.4 is 14.8 Å². The molecule has 0 unspecified atom stereocenters. The number of ether oxygens (including phenoxy) is 3. The van der Waals surface area contributed by atoms with Crippen LogP contribution in [0, 0.1) is 13.8 Å². The van der Waals surface area contributed by atoms with Gasteiger partial charge in [-0.1, -0.05) is 13.0 Å². The number of rotatable bonds is 7. The molecule has 29 heavy (non-hydrogen) atoms. The van der Waals surface area contributed by atoms with Crippen molar-refractivity contribution in [3.63, 3.8) is 0 Å². The second kappa shape index (κ2) is 7.91. The number of hydrogen-bond donors (Lipinski definition) is 1. The van der Waals surface area contributed by atoms with E-state index in [0.29, 0.717) is 13.2 Å². The van der Waals surface area contributed by atoms with Crippen molar-refractivity contribution in [1.82, 2.24) is 14.6 Å². The third kappa shape index (κ3) is 3.40. The number of anilines is 1. The fourth-order valence-corrected chi connectivity index (χ4v) is 3.90. The molecule has 3 heterocycles. The Morgan fingerprint density at radius 1 is 1.28 bits per heavy atom. The molecule has 0 radical (unpaired) electrons. The normalized spacial score (nSPS) is 14.0. The number of benzene rings is 1. The summed E-state index contributed by atoms with van der Waals surface area (Å²) in [6.45, 7) is 7.50. The third-order valence-corrected chi connectivity index (χ3v) is 5.46. The molecule has 7 heteroatoms. The molecule has 1 N–H and O–H groups in total. The maximum atomic E-state index is 5.93. The molecule has 3 aromatic rings. The van der Waals surface area contributed by atoms with Crippen LogP contribution in [0.1, 0.15) is 30.3 Å². The Labute approximate surface area is 171 Å². The van der Waals surface area contributed by atoms with Gasteiger partial charge in [-0.25, -0.2) is 4.98 Å². The van der Waals surface area contributed by atoms with Crippen LogP contribution in [0.25, 0.3) is 16.8 Å². The van der Waals surface area contributed by atoms with Gasteiger partial charge in [-0.3, -0.25) is 0 Å². The zero-order valence-electron chi connectivity index (χ0n) is 17.7. The highest BCUT2D eigenvalue weighted by Crippen LogP contribution is 2.38. The molecule has 0 bridgehead atoms. The summed E-state index contributed by atoms with van der Waals surface area (Å²) in [7, 11) is 3.40. The van der Waals surface area contributed by atoms with E-state index in [4.69, 9.17) is 24.3 Å². The molecule has 1 aliphatic rings. The van der Waals surface area contributed by atoms with Gasteiger partial charge >= 0.3 is 0 Å². The maximum Gasteiger partial charge on any atom is 0.183 e. The summed E-state index contributed by atoms with van der Waals surface area (Å²) in [6, 6.07) is 6.26. The number of methoxy groups -OCH3 is 2. The molecule has 1 aliphatic heterocycles. The summed E-state index contributed by atoms with van der Waals surface area (Å²) in [5.74, 6) is 2.50. The maximum absolute atomic E-state index is 5.93. The van der Waals surface area contributed by atoms with Crippen LogP contribution in [0.4, 0.5) is 5.82 Å². The molecule has 154 valence electrons. The van der Waals surface area contributed by atoms with Crippen molar-refractivity contribution >= 4 is 11.5 Å². The first-order valence-corrected chi connectivity index (χ1v) is 10.0. The SMILES string of the molecule is CC[C@H](COC)Nc1c2c(nc3c(-c4ccc(OC)cc4C)c(C)nn13)CCO2. The van der Waals surface area contributed by atoms with Gasteiger partial charge in [0, 0.05) is 19.1 Å². The summed E-state index contributed by atoms with van der Waals surface area (Å²) in [5, 5.41) is 8.43. The Morgan fingerprint density at radius 2 is 2.10 bits per heavy atom. The minimum absolute atomic E-state index is 0.162. The zero-order chi connectivity index (χ0) is 20.5. The first kappa shape index (κ1) is 19.5.